The summed E-state index contributed by atoms with van der Waals surface area (Å²) >= 11 is 0. The van der Waals surface area contributed by atoms with Crippen molar-refractivity contribution >= 4 is 21.7 Å². The average Bonchev–Trinajstić information content (AvgIpc) is 2.52. The Morgan fingerprint density at radius 1 is 1.38 bits per heavy atom. The molecule has 1 aromatic heterocycles. The zero-order valence-electron chi connectivity index (χ0n) is 14.2. The molecule has 0 aliphatic carbocycles. The van der Waals surface area contributed by atoms with Crippen molar-refractivity contribution in [1.82, 2.24) is 19.6 Å². The first-order chi connectivity index (χ1) is 11.3. The van der Waals surface area contributed by atoms with Crippen LogP contribution in [0.2, 0.25) is 0 Å². The minimum atomic E-state index is -3.39. The maximum Gasteiger partial charge on any atom is 0.235 e. The van der Waals surface area contributed by atoms with E-state index in [1.54, 1.807) is 0 Å². The average molecular weight is 357 g/mol. The van der Waals surface area contributed by atoms with Gasteiger partial charge in [-0.2, -0.15) is 4.31 Å². The quantitative estimate of drug-likeness (QED) is 0.705. The number of nitrogens with one attached hydrogen (secondary N) is 1. The molecule has 1 aliphatic heterocycles. The second-order valence-corrected chi connectivity index (χ2v) is 7.77. The fourth-order valence-corrected chi connectivity index (χ4v) is 2.55. The van der Waals surface area contributed by atoms with Crippen molar-refractivity contribution in [3.63, 3.8) is 0 Å². The Morgan fingerprint density at radius 3 is 2.67 bits per heavy atom. The van der Waals surface area contributed by atoms with E-state index in [-0.39, 0.29) is 13.1 Å². The Labute approximate surface area is 142 Å². The lowest BCUT2D eigenvalue weighted by molar-refractivity contribution is -0.121. The molecule has 0 spiro atoms. The van der Waals surface area contributed by atoms with Gasteiger partial charge in [-0.05, 0) is 6.92 Å². The van der Waals surface area contributed by atoms with E-state index in [1.807, 2.05) is 13.0 Å². The maximum atomic E-state index is 11.8. The SMILES string of the molecule is Cc1cc(N2CCOCC2)nc(CNC(=O)CN(C)S(C)(=O)=O)n1. The molecule has 0 bridgehead atoms. The highest BCUT2D eigenvalue weighted by Gasteiger charge is 2.16. The van der Waals surface area contributed by atoms with Crippen molar-refractivity contribution in [3.8, 4) is 0 Å². The van der Waals surface area contributed by atoms with Crippen LogP contribution in [0.15, 0.2) is 6.07 Å². The van der Waals surface area contributed by atoms with Gasteiger partial charge in [-0.3, -0.25) is 4.79 Å². The van der Waals surface area contributed by atoms with E-state index < -0.39 is 15.9 Å². The Bertz CT molecular complexity index is 688. The maximum absolute atomic E-state index is 11.8. The number of morpholine rings is 1. The highest BCUT2D eigenvalue weighted by atomic mass is 32.2. The molecule has 2 rings (SSSR count). The predicted molar refractivity (Wildman–Crippen MR) is 89.1 cm³/mol. The number of carbonyl (C=O) groups is 1. The molecule has 0 atom stereocenters. The van der Waals surface area contributed by atoms with Gasteiger partial charge < -0.3 is 15.0 Å². The lowest BCUT2D eigenvalue weighted by Gasteiger charge is -2.28. The van der Waals surface area contributed by atoms with Gasteiger partial charge in [0.15, 0.2) is 0 Å². The van der Waals surface area contributed by atoms with Crippen LogP contribution in [-0.2, 0) is 26.1 Å². The lowest BCUT2D eigenvalue weighted by Crippen LogP contribution is -2.38. The highest BCUT2D eigenvalue weighted by molar-refractivity contribution is 7.88. The van der Waals surface area contributed by atoms with Gasteiger partial charge in [-0.1, -0.05) is 0 Å². The van der Waals surface area contributed by atoms with Crippen molar-refractivity contribution in [2.75, 3.05) is 51.1 Å². The summed E-state index contributed by atoms with van der Waals surface area (Å²) in [6, 6.07) is 1.90. The first-order valence-electron chi connectivity index (χ1n) is 7.61. The molecule has 134 valence electrons. The number of rotatable bonds is 6. The molecule has 9 nitrogen and oxygen atoms in total. The number of aryl methyl sites for hydroxylation is 1. The molecule has 1 amide bonds. The highest BCUT2D eigenvalue weighted by Crippen LogP contribution is 2.14. The largest absolute Gasteiger partial charge is 0.378 e. The molecule has 0 saturated carbocycles. The van der Waals surface area contributed by atoms with Crippen LogP contribution < -0.4 is 10.2 Å². The van der Waals surface area contributed by atoms with E-state index in [0.29, 0.717) is 19.0 Å². The molecule has 10 heteroatoms. The van der Waals surface area contributed by atoms with Gasteiger partial charge in [0.2, 0.25) is 15.9 Å². The minimum Gasteiger partial charge on any atom is -0.378 e. The number of amides is 1. The van der Waals surface area contributed by atoms with Gasteiger partial charge in [0.05, 0.1) is 32.6 Å². The van der Waals surface area contributed by atoms with Crippen LogP contribution in [0.4, 0.5) is 5.82 Å². The van der Waals surface area contributed by atoms with Crippen molar-refractivity contribution in [3.05, 3.63) is 17.6 Å². The molecule has 2 heterocycles. The summed E-state index contributed by atoms with van der Waals surface area (Å²) in [5, 5.41) is 2.65. The number of ether oxygens (including phenoxy) is 1. The summed E-state index contributed by atoms with van der Waals surface area (Å²) in [4.78, 5) is 22.7. The van der Waals surface area contributed by atoms with E-state index in [2.05, 4.69) is 20.2 Å². The fourth-order valence-electron chi connectivity index (χ4n) is 2.20. The van der Waals surface area contributed by atoms with E-state index in [4.69, 9.17) is 4.74 Å². The monoisotopic (exact) mass is 357 g/mol. The summed E-state index contributed by atoms with van der Waals surface area (Å²) in [6.07, 6.45) is 1.05. The van der Waals surface area contributed by atoms with Gasteiger partial charge in [0.25, 0.3) is 0 Å². The van der Waals surface area contributed by atoms with Crippen LogP contribution in [0.25, 0.3) is 0 Å². The minimum absolute atomic E-state index is 0.148. The van der Waals surface area contributed by atoms with E-state index in [1.165, 1.54) is 7.05 Å². The van der Waals surface area contributed by atoms with Crippen LogP contribution >= 0.6 is 0 Å². The molecule has 1 fully saturated rings. The van der Waals surface area contributed by atoms with Crippen molar-refractivity contribution in [2.24, 2.45) is 0 Å². The second kappa shape index (κ2) is 7.86. The van der Waals surface area contributed by atoms with Crippen molar-refractivity contribution in [2.45, 2.75) is 13.5 Å². The standard InChI is InChI=1S/C14H23N5O4S/c1-11-8-13(19-4-6-23-7-5-19)17-12(16-11)9-15-14(20)10-18(2)24(3,21)22/h8H,4-7,9-10H2,1-3H3,(H,15,20). The molecular weight excluding hydrogens is 334 g/mol. The van der Waals surface area contributed by atoms with Crippen LogP contribution in [0.3, 0.4) is 0 Å². The normalized spacial score (nSPS) is 15.6. The predicted octanol–water partition coefficient (Wildman–Crippen LogP) is -0.871. The third kappa shape index (κ3) is 5.39. The first-order valence-corrected chi connectivity index (χ1v) is 9.46. The van der Waals surface area contributed by atoms with Crippen LogP contribution in [0.1, 0.15) is 11.5 Å². The van der Waals surface area contributed by atoms with E-state index in [9.17, 15) is 13.2 Å². The van der Waals surface area contributed by atoms with Crippen molar-refractivity contribution < 1.29 is 17.9 Å². The number of sulfonamides is 1. The summed E-state index contributed by atoms with van der Waals surface area (Å²) < 4.78 is 28.9. The Morgan fingerprint density at radius 2 is 2.04 bits per heavy atom. The number of hydrogen-bond donors (Lipinski definition) is 1. The molecule has 1 aliphatic rings. The summed E-state index contributed by atoms with van der Waals surface area (Å²) in [7, 11) is -2.03. The van der Waals surface area contributed by atoms with Gasteiger partial charge in [-0.15, -0.1) is 0 Å². The molecule has 0 aromatic carbocycles. The number of nitrogens with zero attached hydrogens (tertiary/aromatic N) is 4. The Hall–Kier alpha value is -1.78. The molecule has 0 unspecified atom stereocenters. The first kappa shape index (κ1) is 18.6. The smallest absolute Gasteiger partial charge is 0.235 e. The van der Waals surface area contributed by atoms with E-state index >= 15 is 0 Å². The lowest BCUT2D eigenvalue weighted by atomic mass is 10.3. The zero-order chi connectivity index (χ0) is 17.7. The second-order valence-electron chi connectivity index (χ2n) is 5.68. The third-order valence-electron chi connectivity index (χ3n) is 3.60. The molecule has 1 N–H and O–H groups in total. The summed E-state index contributed by atoms with van der Waals surface area (Å²) in [5.74, 6) is 0.899. The zero-order valence-corrected chi connectivity index (χ0v) is 15.0. The number of likely N-dealkylation sites (N-methyl/N-ethyl adjacent to an activating group) is 1. The third-order valence-corrected chi connectivity index (χ3v) is 4.86. The van der Waals surface area contributed by atoms with Crippen LogP contribution in [0.5, 0.6) is 0 Å². The number of aromatic nitrogens is 2. The van der Waals surface area contributed by atoms with Gasteiger partial charge >= 0.3 is 0 Å². The van der Waals surface area contributed by atoms with E-state index in [0.717, 1.165) is 35.2 Å². The number of carbonyl (C=O) groups excluding carboxylic acids is 1. The molecule has 1 saturated heterocycles. The van der Waals surface area contributed by atoms with Crippen molar-refractivity contribution in [1.29, 1.82) is 0 Å². The van der Waals surface area contributed by atoms with Gasteiger partial charge in [0, 0.05) is 31.9 Å². The molecular formula is C14H23N5O4S. The summed E-state index contributed by atoms with van der Waals surface area (Å²) in [6.45, 7) is 4.63. The number of anilines is 1. The van der Waals surface area contributed by atoms with Crippen LogP contribution in [-0.4, -0.2) is 74.7 Å². The molecule has 0 radical (unpaired) electrons. The summed E-state index contributed by atoms with van der Waals surface area (Å²) in [5.41, 5.74) is 0.809. The van der Waals surface area contributed by atoms with Gasteiger partial charge in [-0.25, -0.2) is 18.4 Å². The Balaban J connectivity index is 1.97. The van der Waals surface area contributed by atoms with Crippen LogP contribution in [0, 0.1) is 6.92 Å². The Kier molecular flexibility index (Phi) is 6.08. The number of hydrogen-bond acceptors (Lipinski definition) is 7. The van der Waals surface area contributed by atoms with Gasteiger partial charge in [0.1, 0.15) is 11.6 Å². The molecule has 1 aromatic rings. The topological polar surface area (TPSA) is 105 Å². The fraction of sp³-hybridized carbons (Fsp3) is 0.643. The molecule has 24 heavy (non-hydrogen) atoms.